The molecule has 2 N–H and O–H groups in total. The minimum absolute atomic E-state index is 0.282. The Bertz CT molecular complexity index is 757. The third kappa shape index (κ3) is 3.91. The van der Waals surface area contributed by atoms with Crippen molar-refractivity contribution < 1.29 is 4.79 Å². The van der Waals surface area contributed by atoms with E-state index in [-0.39, 0.29) is 6.03 Å². The van der Waals surface area contributed by atoms with Crippen molar-refractivity contribution in [3.63, 3.8) is 0 Å². The average molecular weight is 308 g/mol. The molecule has 0 aliphatic carbocycles. The van der Waals surface area contributed by atoms with Gasteiger partial charge < -0.3 is 10.6 Å². The van der Waals surface area contributed by atoms with Crippen molar-refractivity contribution in [2.45, 2.75) is 6.42 Å². The van der Waals surface area contributed by atoms with Crippen molar-refractivity contribution in [2.75, 3.05) is 11.9 Å². The van der Waals surface area contributed by atoms with Gasteiger partial charge in [0.2, 0.25) is 0 Å². The summed E-state index contributed by atoms with van der Waals surface area (Å²) in [6.07, 6.45) is 5.35. The van der Waals surface area contributed by atoms with Gasteiger partial charge in [0.1, 0.15) is 12.7 Å². The lowest BCUT2D eigenvalue weighted by Gasteiger charge is -2.10. The summed E-state index contributed by atoms with van der Waals surface area (Å²) < 4.78 is 1.50. The number of carbonyl (C=O) groups excluding carboxylic acids is 1. The predicted molar refractivity (Wildman–Crippen MR) is 86.3 cm³/mol. The van der Waals surface area contributed by atoms with Gasteiger partial charge in [0, 0.05) is 12.7 Å². The maximum Gasteiger partial charge on any atom is 0.319 e. The molecule has 0 atom stereocenters. The van der Waals surface area contributed by atoms with Gasteiger partial charge in [-0.2, -0.15) is 5.10 Å². The Kier molecular flexibility index (Phi) is 4.58. The number of anilines is 1. The van der Waals surface area contributed by atoms with Crippen LogP contribution in [0.5, 0.6) is 0 Å². The van der Waals surface area contributed by atoms with Gasteiger partial charge in [0.25, 0.3) is 0 Å². The van der Waals surface area contributed by atoms with Gasteiger partial charge in [0.15, 0.2) is 5.82 Å². The van der Waals surface area contributed by atoms with E-state index in [0.29, 0.717) is 18.1 Å². The monoisotopic (exact) mass is 308 g/mol. The Balaban J connectivity index is 1.58. The number of pyridine rings is 1. The number of hydrogen-bond acceptors (Lipinski definition) is 4. The lowest BCUT2D eigenvalue weighted by Crippen LogP contribution is -2.31. The molecule has 7 heteroatoms. The zero-order valence-corrected chi connectivity index (χ0v) is 12.4. The molecule has 0 radical (unpaired) electrons. The number of amides is 2. The van der Waals surface area contributed by atoms with Crippen LogP contribution in [-0.4, -0.2) is 32.3 Å². The van der Waals surface area contributed by atoms with Gasteiger partial charge >= 0.3 is 6.03 Å². The SMILES string of the molecule is O=C(NCCc1ccccc1)Nc1cccnc1-n1cncn1. The summed E-state index contributed by atoms with van der Waals surface area (Å²) in [6.45, 7) is 0.550. The number of carbonyl (C=O) groups is 1. The van der Waals surface area contributed by atoms with Crippen LogP contribution in [0, 0.1) is 0 Å². The molecule has 116 valence electrons. The number of nitrogens with zero attached hydrogens (tertiary/aromatic N) is 4. The van der Waals surface area contributed by atoms with Gasteiger partial charge in [-0.25, -0.2) is 19.4 Å². The summed E-state index contributed by atoms with van der Waals surface area (Å²) in [5.74, 6) is 0.517. The lowest BCUT2D eigenvalue weighted by molar-refractivity contribution is 0.252. The Labute approximate surface area is 133 Å². The van der Waals surface area contributed by atoms with Crippen molar-refractivity contribution in [3.8, 4) is 5.82 Å². The van der Waals surface area contributed by atoms with Crippen LogP contribution in [0.25, 0.3) is 5.82 Å². The van der Waals surface area contributed by atoms with E-state index in [4.69, 9.17) is 0 Å². The number of urea groups is 1. The molecule has 2 amide bonds. The molecule has 0 saturated heterocycles. The molecule has 0 aliphatic heterocycles. The second kappa shape index (κ2) is 7.17. The maximum atomic E-state index is 12.0. The van der Waals surface area contributed by atoms with E-state index in [2.05, 4.69) is 25.7 Å². The van der Waals surface area contributed by atoms with Crippen LogP contribution in [0.3, 0.4) is 0 Å². The molecule has 7 nitrogen and oxygen atoms in total. The van der Waals surface area contributed by atoms with Crippen LogP contribution < -0.4 is 10.6 Å². The van der Waals surface area contributed by atoms with Gasteiger partial charge in [0.05, 0.1) is 5.69 Å². The number of aromatic nitrogens is 4. The van der Waals surface area contributed by atoms with Crippen LogP contribution >= 0.6 is 0 Å². The van der Waals surface area contributed by atoms with Crippen molar-refractivity contribution >= 4 is 11.7 Å². The molecule has 3 aromatic rings. The summed E-state index contributed by atoms with van der Waals surface area (Å²) in [5, 5.41) is 9.64. The molecule has 2 heterocycles. The number of benzene rings is 1. The molecular weight excluding hydrogens is 292 g/mol. The van der Waals surface area contributed by atoms with Gasteiger partial charge in [-0.1, -0.05) is 30.3 Å². The molecule has 0 spiro atoms. The van der Waals surface area contributed by atoms with Crippen LogP contribution in [0.1, 0.15) is 5.56 Å². The first-order chi connectivity index (χ1) is 11.3. The van der Waals surface area contributed by atoms with E-state index >= 15 is 0 Å². The Hall–Kier alpha value is -3.22. The summed E-state index contributed by atoms with van der Waals surface area (Å²) >= 11 is 0. The highest BCUT2D eigenvalue weighted by molar-refractivity contribution is 5.90. The van der Waals surface area contributed by atoms with Crippen LogP contribution in [-0.2, 0) is 6.42 Å². The van der Waals surface area contributed by atoms with E-state index in [9.17, 15) is 4.79 Å². The third-order valence-corrected chi connectivity index (χ3v) is 3.21. The van der Waals surface area contributed by atoms with Crippen LogP contribution in [0.4, 0.5) is 10.5 Å². The van der Waals surface area contributed by atoms with Crippen LogP contribution in [0.2, 0.25) is 0 Å². The highest BCUT2D eigenvalue weighted by atomic mass is 16.2. The molecule has 23 heavy (non-hydrogen) atoms. The Morgan fingerprint density at radius 1 is 1.13 bits per heavy atom. The first-order valence-corrected chi connectivity index (χ1v) is 7.22. The fraction of sp³-hybridized carbons (Fsp3) is 0.125. The van der Waals surface area contributed by atoms with Crippen molar-refractivity contribution in [1.82, 2.24) is 25.1 Å². The van der Waals surface area contributed by atoms with Crippen LogP contribution in [0.15, 0.2) is 61.3 Å². The highest BCUT2D eigenvalue weighted by Crippen LogP contribution is 2.15. The zero-order chi connectivity index (χ0) is 15.9. The molecule has 1 aromatic carbocycles. The molecule has 0 bridgehead atoms. The fourth-order valence-electron chi connectivity index (χ4n) is 2.13. The molecule has 0 saturated carbocycles. The second-order valence-electron chi connectivity index (χ2n) is 4.83. The quantitative estimate of drug-likeness (QED) is 0.755. The van der Waals surface area contributed by atoms with E-state index in [0.717, 1.165) is 6.42 Å². The standard InChI is InChI=1S/C16H16N6O/c23-16(19-10-8-13-5-2-1-3-6-13)21-14-7-4-9-18-15(14)22-12-17-11-20-22/h1-7,9,11-12H,8,10H2,(H2,19,21,23). The first kappa shape index (κ1) is 14.7. The first-order valence-electron chi connectivity index (χ1n) is 7.22. The van der Waals surface area contributed by atoms with Crippen molar-refractivity contribution in [3.05, 3.63) is 66.9 Å². The topological polar surface area (TPSA) is 84.7 Å². The molecular formula is C16H16N6O. The van der Waals surface area contributed by atoms with Gasteiger partial charge in [-0.3, -0.25) is 0 Å². The average Bonchev–Trinajstić information content (AvgIpc) is 3.11. The predicted octanol–water partition coefficient (Wildman–Crippen LogP) is 2.03. The van der Waals surface area contributed by atoms with E-state index in [1.54, 1.807) is 18.3 Å². The summed E-state index contributed by atoms with van der Waals surface area (Å²) in [4.78, 5) is 20.1. The third-order valence-electron chi connectivity index (χ3n) is 3.21. The van der Waals surface area contributed by atoms with Gasteiger partial charge in [-0.15, -0.1) is 0 Å². The normalized spacial score (nSPS) is 10.3. The summed E-state index contributed by atoms with van der Waals surface area (Å²) in [7, 11) is 0. The van der Waals surface area contributed by atoms with Crippen molar-refractivity contribution in [1.29, 1.82) is 0 Å². The summed E-state index contributed by atoms with van der Waals surface area (Å²) in [5.41, 5.74) is 1.74. The molecule has 0 unspecified atom stereocenters. The minimum atomic E-state index is -0.282. The Morgan fingerprint density at radius 3 is 2.78 bits per heavy atom. The lowest BCUT2D eigenvalue weighted by atomic mass is 10.1. The highest BCUT2D eigenvalue weighted by Gasteiger charge is 2.09. The summed E-state index contributed by atoms with van der Waals surface area (Å²) in [6, 6.07) is 13.2. The molecule has 0 aliphatic rings. The van der Waals surface area contributed by atoms with E-state index < -0.39 is 0 Å². The zero-order valence-electron chi connectivity index (χ0n) is 12.4. The van der Waals surface area contributed by atoms with E-state index in [1.165, 1.54) is 22.9 Å². The van der Waals surface area contributed by atoms with Crippen molar-refractivity contribution in [2.24, 2.45) is 0 Å². The molecule has 2 aromatic heterocycles. The Morgan fingerprint density at radius 2 is 2.00 bits per heavy atom. The maximum absolute atomic E-state index is 12.0. The largest absolute Gasteiger partial charge is 0.338 e. The minimum Gasteiger partial charge on any atom is -0.338 e. The number of hydrogen-bond donors (Lipinski definition) is 2. The second-order valence-corrected chi connectivity index (χ2v) is 4.83. The smallest absolute Gasteiger partial charge is 0.319 e. The van der Waals surface area contributed by atoms with E-state index in [1.807, 2.05) is 30.3 Å². The van der Waals surface area contributed by atoms with Gasteiger partial charge in [-0.05, 0) is 24.1 Å². The molecule has 0 fully saturated rings. The number of nitrogens with one attached hydrogen (secondary N) is 2. The number of rotatable bonds is 5. The fourth-order valence-corrected chi connectivity index (χ4v) is 2.13. The molecule has 3 rings (SSSR count).